The smallest absolute Gasteiger partial charge is 0.306 e. The Morgan fingerprint density at radius 3 is 2.94 bits per heavy atom. The Labute approximate surface area is 94.0 Å². The van der Waals surface area contributed by atoms with E-state index >= 15 is 0 Å². The highest BCUT2D eigenvalue weighted by Crippen LogP contribution is 2.42. The summed E-state index contributed by atoms with van der Waals surface area (Å²) in [6, 6.07) is 0. The molecule has 16 heavy (non-hydrogen) atoms. The SMILES string of the molecule is COC[C@@H]1[C@H]2CC(=O)O[C@H]2C[C@H]1OC(C)=O. The highest BCUT2D eigenvalue weighted by atomic mass is 16.6. The van der Waals surface area contributed by atoms with E-state index in [0.29, 0.717) is 19.4 Å². The molecule has 0 aromatic heterocycles. The average Bonchev–Trinajstić information content (AvgIpc) is 2.65. The number of rotatable bonds is 3. The van der Waals surface area contributed by atoms with E-state index in [-0.39, 0.29) is 36.0 Å². The standard InChI is InChI=1S/C11H16O5/c1-6(12)15-10-4-9-7(3-11(13)16-9)8(10)5-14-2/h7-10H,3-5H2,1-2H3/t7-,8-,9+,10-/m1/s1. The van der Waals surface area contributed by atoms with Crippen LogP contribution >= 0.6 is 0 Å². The molecular weight excluding hydrogens is 212 g/mol. The van der Waals surface area contributed by atoms with E-state index in [4.69, 9.17) is 14.2 Å². The summed E-state index contributed by atoms with van der Waals surface area (Å²) in [6.45, 7) is 1.89. The van der Waals surface area contributed by atoms with E-state index in [2.05, 4.69) is 0 Å². The van der Waals surface area contributed by atoms with Crippen LogP contribution in [0.1, 0.15) is 19.8 Å². The molecule has 5 nitrogen and oxygen atoms in total. The molecule has 90 valence electrons. The molecule has 5 heteroatoms. The highest BCUT2D eigenvalue weighted by Gasteiger charge is 2.51. The molecule has 0 aromatic rings. The zero-order valence-corrected chi connectivity index (χ0v) is 9.47. The van der Waals surface area contributed by atoms with Crippen LogP contribution in [0.5, 0.6) is 0 Å². The Hall–Kier alpha value is -1.10. The zero-order valence-electron chi connectivity index (χ0n) is 9.47. The summed E-state index contributed by atoms with van der Waals surface area (Å²) < 4.78 is 15.5. The number of esters is 2. The molecule has 0 aromatic carbocycles. The first-order valence-corrected chi connectivity index (χ1v) is 5.47. The molecule has 1 heterocycles. The van der Waals surface area contributed by atoms with Gasteiger partial charge in [0.05, 0.1) is 13.0 Å². The molecule has 2 aliphatic rings. The molecule has 0 unspecified atom stereocenters. The Bertz CT molecular complexity index is 301. The lowest BCUT2D eigenvalue weighted by Gasteiger charge is -2.21. The maximum atomic E-state index is 11.2. The van der Waals surface area contributed by atoms with Crippen molar-refractivity contribution >= 4 is 11.9 Å². The van der Waals surface area contributed by atoms with Gasteiger partial charge in [-0.15, -0.1) is 0 Å². The van der Waals surface area contributed by atoms with E-state index in [9.17, 15) is 9.59 Å². The van der Waals surface area contributed by atoms with Crippen LogP contribution in [-0.4, -0.2) is 37.9 Å². The van der Waals surface area contributed by atoms with Gasteiger partial charge < -0.3 is 14.2 Å². The molecule has 1 aliphatic carbocycles. The van der Waals surface area contributed by atoms with Crippen LogP contribution in [0.4, 0.5) is 0 Å². The van der Waals surface area contributed by atoms with E-state index in [1.54, 1.807) is 7.11 Å². The molecule has 0 N–H and O–H groups in total. The van der Waals surface area contributed by atoms with Crippen molar-refractivity contribution in [2.75, 3.05) is 13.7 Å². The quantitative estimate of drug-likeness (QED) is 0.659. The van der Waals surface area contributed by atoms with Crippen LogP contribution in [0, 0.1) is 11.8 Å². The fourth-order valence-electron chi connectivity index (χ4n) is 2.73. The number of methoxy groups -OCH3 is 1. The first-order chi connectivity index (χ1) is 7.61. The summed E-state index contributed by atoms with van der Waals surface area (Å²) in [5.74, 6) is -0.239. The minimum Gasteiger partial charge on any atom is -0.462 e. The Kier molecular flexibility index (Phi) is 3.14. The number of fused-ring (bicyclic) bond motifs is 1. The second kappa shape index (κ2) is 4.41. The molecular formula is C11H16O5. The average molecular weight is 228 g/mol. The van der Waals surface area contributed by atoms with Crippen molar-refractivity contribution in [3.05, 3.63) is 0 Å². The molecule has 2 rings (SSSR count). The second-order valence-corrected chi connectivity index (χ2v) is 4.40. The van der Waals surface area contributed by atoms with Gasteiger partial charge in [-0.1, -0.05) is 0 Å². The Balaban J connectivity index is 2.06. The van der Waals surface area contributed by atoms with Gasteiger partial charge in [0, 0.05) is 32.3 Å². The summed E-state index contributed by atoms with van der Waals surface area (Å²) in [6.07, 6.45) is 0.734. The largest absolute Gasteiger partial charge is 0.462 e. The molecule has 1 saturated carbocycles. The molecule has 0 radical (unpaired) electrons. The number of ether oxygens (including phenoxy) is 3. The van der Waals surface area contributed by atoms with Gasteiger partial charge in [-0.25, -0.2) is 0 Å². The van der Waals surface area contributed by atoms with E-state index in [0.717, 1.165) is 0 Å². The molecule has 2 fully saturated rings. The number of carbonyl (C=O) groups is 2. The fraction of sp³-hybridized carbons (Fsp3) is 0.818. The predicted molar refractivity (Wildman–Crippen MR) is 53.5 cm³/mol. The van der Waals surface area contributed by atoms with Crippen LogP contribution in [0.3, 0.4) is 0 Å². The molecule has 0 bridgehead atoms. The summed E-state index contributed by atoms with van der Waals surface area (Å²) in [5, 5.41) is 0. The monoisotopic (exact) mass is 228 g/mol. The lowest BCUT2D eigenvalue weighted by Crippen LogP contribution is -2.28. The Morgan fingerprint density at radius 1 is 1.56 bits per heavy atom. The number of carbonyl (C=O) groups excluding carboxylic acids is 2. The topological polar surface area (TPSA) is 61.8 Å². The van der Waals surface area contributed by atoms with Crippen LogP contribution in [-0.2, 0) is 23.8 Å². The third-order valence-corrected chi connectivity index (χ3v) is 3.33. The van der Waals surface area contributed by atoms with Gasteiger partial charge in [0.25, 0.3) is 0 Å². The first-order valence-electron chi connectivity index (χ1n) is 5.47. The molecule has 0 amide bonds. The molecule has 1 aliphatic heterocycles. The third-order valence-electron chi connectivity index (χ3n) is 3.33. The maximum absolute atomic E-state index is 11.2. The van der Waals surface area contributed by atoms with Crippen LogP contribution < -0.4 is 0 Å². The van der Waals surface area contributed by atoms with Gasteiger partial charge >= 0.3 is 11.9 Å². The molecule has 1 saturated heterocycles. The minimum atomic E-state index is -0.294. The van der Waals surface area contributed by atoms with Crippen LogP contribution in [0.2, 0.25) is 0 Å². The molecule has 0 spiro atoms. The summed E-state index contributed by atoms with van der Waals surface area (Å²) >= 11 is 0. The van der Waals surface area contributed by atoms with Gasteiger partial charge in [0.1, 0.15) is 12.2 Å². The van der Waals surface area contributed by atoms with Crippen molar-refractivity contribution in [1.82, 2.24) is 0 Å². The van der Waals surface area contributed by atoms with Crippen molar-refractivity contribution in [2.24, 2.45) is 11.8 Å². The van der Waals surface area contributed by atoms with Crippen molar-refractivity contribution in [2.45, 2.75) is 32.0 Å². The van der Waals surface area contributed by atoms with Crippen LogP contribution in [0.25, 0.3) is 0 Å². The summed E-state index contributed by atoms with van der Waals surface area (Å²) in [7, 11) is 1.61. The first kappa shape index (κ1) is 11.4. The van der Waals surface area contributed by atoms with E-state index in [1.165, 1.54) is 6.92 Å². The number of hydrogen-bond donors (Lipinski definition) is 0. The van der Waals surface area contributed by atoms with Crippen molar-refractivity contribution < 1.29 is 23.8 Å². The summed E-state index contributed by atoms with van der Waals surface area (Å²) in [4.78, 5) is 22.1. The summed E-state index contributed by atoms with van der Waals surface area (Å²) in [5.41, 5.74) is 0. The maximum Gasteiger partial charge on any atom is 0.306 e. The Morgan fingerprint density at radius 2 is 2.31 bits per heavy atom. The van der Waals surface area contributed by atoms with Crippen molar-refractivity contribution in [3.8, 4) is 0 Å². The zero-order chi connectivity index (χ0) is 11.7. The van der Waals surface area contributed by atoms with Gasteiger partial charge in [-0.3, -0.25) is 9.59 Å². The number of hydrogen-bond acceptors (Lipinski definition) is 5. The van der Waals surface area contributed by atoms with E-state index < -0.39 is 0 Å². The third kappa shape index (κ3) is 2.04. The lowest BCUT2D eigenvalue weighted by molar-refractivity contribution is -0.150. The van der Waals surface area contributed by atoms with Crippen LogP contribution in [0.15, 0.2) is 0 Å². The van der Waals surface area contributed by atoms with Gasteiger partial charge in [-0.05, 0) is 0 Å². The minimum absolute atomic E-state index is 0.0744. The van der Waals surface area contributed by atoms with Crippen molar-refractivity contribution in [1.29, 1.82) is 0 Å². The van der Waals surface area contributed by atoms with Crippen molar-refractivity contribution in [3.63, 3.8) is 0 Å². The highest BCUT2D eigenvalue weighted by molar-refractivity contribution is 5.72. The van der Waals surface area contributed by atoms with Gasteiger partial charge in [0.15, 0.2) is 0 Å². The van der Waals surface area contributed by atoms with Gasteiger partial charge in [-0.2, -0.15) is 0 Å². The van der Waals surface area contributed by atoms with Gasteiger partial charge in [0.2, 0.25) is 0 Å². The normalized spacial score (nSPS) is 37.0. The van der Waals surface area contributed by atoms with E-state index in [1.807, 2.05) is 0 Å². The second-order valence-electron chi connectivity index (χ2n) is 4.40. The lowest BCUT2D eigenvalue weighted by atomic mass is 9.93. The predicted octanol–water partition coefficient (Wildman–Crippen LogP) is 0.516. The molecule has 4 atom stereocenters. The fourth-order valence-corrected chi connectivity index (χ4v) is 2.73.